The van der Waals surface area contributed by atoms with Crippen LogP contribution in [0, 0.1) is 5.92 Å². The minimum Gasteiger partial charge on any atom is -0.309 e. The Morgan fingerprint density at radius 3 is 2.06 bits per heavy atom. The molecule has 1 aliphatic rings. The van der Waals surface area contributed by atoms with E-state index in [-0.39, 0.29) is 0 Å². The van der Waals surface area contributed by atoms with Crippen molar-refractivity contribution in [3.63, 3.8) is 0 Å². The molecule has 102 valence electrons. The minimum atomic E-state index is 0.711. The lowest BCUT2D eigenvalue weighted by molar-refractivity contribution is 0.0966. The monoisotopic (exact) mass is 241 g/mol. The summed E-state index contributed by atoms with van der Waals surface area (Å²) in [5, 5.41) is 0. The highest BCUT2D eigenvalue weighted by molar-refractivity contribution is 4.75. The topological polar surface area (TPSA) is 9.72 Å². The first-order chi connectivity index (χ1) is 7.99. The Hall–Kier alpha value is -0.120. The Morgan fingerprint density at radius 2 is 1.59 bits per heavy atom. The van der Waals surface area contributed by atoms with Crippen LogP contribution in [0.2, 0.25) is 0 Å². The lowest BCUT2D eigenvalue weighted by Gasteiger charge is -2.38. The van der Waals surface area contributed by atoms with E-state index in [0.29, 0.717) is 6.04 Å². The van der Waals surface area contributed by atoms with Gasteiger partial charge in [0.2, 0.25) is 0 Å². The molecule has 1 unspecified atom stereocenters. The van der Waals surface area contributed by atoms with Crippen molar-refractivity contribution >= 4 is 0 Å². The van der Waals surface area contributed by atoms with Gasteiger partial charge in [0.15, 0.2) is 0 Å². The molecule has 1 rings (SSSR count). The third-order valence-electron chi connectivity index (χ3n) is 3.78. The summed E-state index contributed by atoms with van der Waals surface area (Å²) in [5.41, 5.74) is 0. The molecular formula is C14H31N3. The first-order valence-electron chi connectivity index (χ1n) is 7.10. The maximum absolute atomic E-state index is 2.64. The largest absolute Gasteiger partial charge is 0.309 e. The lowest BCUT2D eigenvalue weighted by atomic mass is 10.1. The van der Waals surface area contributed by atoms with Crippen molar-refractivity contribution in [3.8, 4) is 0 Å². The summed E-state index contributed by atoms with van der Waals surface area (Å²) in [4.78, 5) is 7.51. The number of hydrogen-bond donors (Lipinski definition) is 0. The van der Waals surface area contributed by atoms with Crippen LogP contribution in [0.15, 0.2) is 0 Å². The maximum Gasteiger partial charge on any atom is 0.0113 e. The van der Waals surface area contributed by atoms with Crippen LogP contribution >= 0.6 is 0 Å². The van der Waals surface area contributed by atoms with E-state index in [9.17, 15) is 0 Å². The Morgan fingerprint density at radius 1 is 1.00 bits per heavy atom. The van der Waals surface area contributed by atoms with Gasteiger partial charge in [0.05, 0.1) is 0 Å². The fourth-order valence-electron chi connectivity index (χ4n) is 2.47. The quantitative estimate of drug-likeness (QED) is 0.699. The SMILES string of the molecule is CC(CCN(C)C)CN1CCN(C(C)C)CC1. The molecule has 1 fully saturated rings. The van der Waals surface area contributed by atoms with Crippen molar-refractivity contribution in [2.75, 3.05) is 53.4 Å². The van der Waals surface area contributed by atoms with Crippen LogP contribution in [0.4, 0.5) is 0 Å². The van der Waals surface area contributed by atoms with Crippen LogP contribution in [-0.4, -0.2) is 74.1 Å². The number of piperazine rings is 1. The summed E-state index contributed by atoms with van der Waals surface area (Å²) in [6, 6.07) is 0.711. The highest BCUT2D eigenvalue weighted by Gasteiger charge is 2.19. The molecular weight excluding hydrogens is 210 g/mol. The molecule has 0 amide bonds. The first kappa shape index (κ1) is 14.9. The molecule has 3 nitrogen and oxygen atoms in total. The van der Waals surface area contributed by atoms with Crippen molar-refractivity contribution in [2.45, 2.75) is 33.2 Å². The Labute approximate surface area is 108 Å². The zero-order valence-corrected chi connectivity index (χ0v) is 12.4. The van der Waals surface area contributed by atoms with E-state index < -0.39 is 0 Å². The van der Waals surface area contributed by atoms with Gasteiger partial charge in [0, 0.05) is 38.8 Å². The fraction of sp³-hybridized carbons (Fsp3) is 1.00. The molecule has 1 saturated heterocycles. The van der Waals surface area contributed by atoms with Crippen LogP contribution in [0.25, 0.3) is 0 Å². The molecule has 0 aromatic carbocycles. The van der Waals surface area contributed by atoms with Gasteiger partial charge in [-0.1, -0.05) is 6.92 Å². The molecule has 0 aromatic rings. The second-order valence-electron chi connectivity index (χ2n) is 6.13. The zero-order chi connectivity index (χ0) is 12.8. The van der Waals surface area contributed by atoms with Gasteiger partial charge in [-0.05, 0) is 46.8 Å². The summed E-state index contributed by atoms with van der Waals surface area (Å²) in [7, 11) is 4.32. The molecule has 0 spiro atoms. The molecule has 3 heteroatoms. The summed E-state index contributed by atoms with van der Waals surface area (Å²) >= 11 is 0. The van der Waals surface area contributed by atoms with E-state index >= 15 is 0 Å². The van der Waals surface area contributed by atoms with E-state index in [1.165, 1.54) is 45.7 Å². The van der Waals surface area contributed by atoms with E-state index in [1.54, 1.807) is 0 Å². The molecule has 0 aliphatic carbocycles. The van der Waals surface area contributed by atoms with Crippen molar-refractivity contribution in [3.05, 3.63) is 0 Å². The maximum atomic E-state index is 2.64. The fourth-order valence-corrected chi connectivity index (χ4v) is 2.47. The molecule has 0 N–H and O–H groups in total. The predicted molar refractivity (Wildman–Crippen MR) is 75.5 cm³/mol. The van der Waals surface area contributed by atoms with Crippen LogP contribution in [-0.2, 0) is 0 Å². The van der Waals surface area contributed by atoms with Gasteiger partial charge in [-0.25, -0.2) is 0 Å². The van der Waals surface area contributed by atoms with Crippen LogP contribution in [0.1, 0.15) is 27.2 Å². The molecule has 0 saturated carbocycles. The molecule has 0 bridgehead atoms. The van der Waals surface area contributed by atoms with Crippen LogP contribution in [0.3, 0.4) is 0 Å². The molecule has 0 radical (unpaired) electrons. The minimum absolute atomic E-state index is 0.711. The van der Waals surface area contributed by atoms with Gasteiger partial charge < -0.3 is 9.80 Å². The van der Waals surface area contributed by atoms with Crippen molar-refractivity contribution < 1.29 is 0 Å². The standard InChI is InChI=1S/C14H31N3/c1-13(2)17-10-8-16(9-11-17)12-14(3)6-7-15(4)5/h13-14H,6-12H2,1-5H3. The highest BCUT2D eigenvalue weighted by Crippen LogP contribution is 2.10. The van der Waals surface area contributed by atoms with Crippen molar-refractivity contribution in [1.82, 2.24) is 14.7 Å². The second kappa shape index (κ2) is 7.34. The Kier molecular flexibility index (Phi) is 6.45. The van der Waals surface area contributed by atoms with Crippen molar-refractivity contribution in [2.24, 2.45) is 5.92 Å². The molecule has 0 aromatic heterocycles. The van der Waals surface area contributed by atoms with Crippen LogP contribution < -0.4 is 0 Å². The first-order valence-corrected chi connectivity index (χ1v) is 7.10. The van der Waals surface area contributed by atoms with Gasteiger partial charge in [-0.2, -0.15) is 0 Å². The molecule has 1 atom stereocenters. The Balaban J connectivity index is 2.17. The van der Waals surface area contributed by atoms with Gasteiger partial charge in [-0.3, -0.25) is 4.90 Å². The highest BCUT2D eigenvalue weighted by atomic mass is 15.3. The summed E-state index contributed by atoms with van der Waals surface area (Å²) in [5.74, 6) is 0.822. The Bertz CT molecular complexity index is 196. The van der Waals surface area contributed by atoms with Gasteiger partial charge in [0.25, 0.3) is 0 Å². The average molecular weight is 241 g/mol. The summed E-state index contributed by atoms with van der Waals surface area (Å²) in [6.07, 6.45) is 1.32. The number of hydrogen-bond acceptors (Lipinski definition) is 3. The summed E-state index contributed by atoms with van der Waals surface area (Å²) < 4.78 is 0. The normalized spacial score (nSPS) is 21.4. The van der Waals surface area contributed by atoms with E-state index in [0.717, 1.165) is 5.92 Å². The number of rotatable bonds is 6. The number of nitrogens with zero attached hydrogens (tertiary/aromatic N) is 3. The molecule has 1 heterocycles. The van der Waals surface area contributed by atoms with E-state index in [2.05, 4.69) is 49.6 Å². The van der Waals surface area contributed by atoms with Gasteiger partial charge in [-0.15, -0.1) is 0 Å². The van der Waals surface area contributed by atoms with Gasteiger partial charge in [0.1, 0.15) is 0 Å². The van der Waals surface area contributed by atoms with E-state index in [1.807, 2.05) is 0 Å². The lowest BCUT2D eigenvalue weighted by Crippen LogP contribution is -2.49. The summed E-state index contributed by atoms with van der Waals surface area (Å²) in [6.45, 7) is 14.5. The van der Waals surface area contributed by atoms with Crippen LogP contribution in [0.5, 0.6) is 0 Å². The molecule has 17 heavy (non-hydrogen) atoms. The van der Waals surface area contributed by atoms with Crippen molar-refractivity contribution in [1.29, 1.82) is 0 Å². The predicted octanol–water partition coefficient (Wildman–Crippen LogP) is 1.60. The third kappa shape index (κ3) is 5.84. The molecule has 1 aliphatic heterocycles. The zero-order valence-electron chi connectivity index (χ0n) is 12.4. The van der Waals surface area contributed by atoms with Gasteiger partial charge >= 0.3 is 0 Å². The van der Waals surface area contributed by atoms with E-state index in [4.69, 9.17) is 0 Å². The smallest absolute Gasteiger partial charge is 0.0113 e. The average Bonchev–Trinajstić information content (AvgIpc) is 2.27. The third-order valence-corrected chi connectivity index (χ3v) is 3.78. The second-order valence-corrected chi connectivity index (χ2v) is 6.13.